The van der Waals surface area contributed by atoms with Gasteiger partial charge in [0.2, 0.25) is 0 Å². The van der Waals surface area contributed by atoms with Gasteiger partial charge in [0.25, 0.3) is 11.5 Å². The molecule has 1 heterocycles. The number of nitrogens with one attached hydrogen (secondary N) is 3. The van der Waals surface area contributed by atoms with Crippen LogP contribution in [0.5, 0.6) is 0 Å². The second-order valence-electron chi connectivity index (χ2n) is 6.11. The largest absolute Gasteiger partial charge is 0.325 e. The monoisotopic (exact) mass is 325 g/mol. The number of hydrogen-bond acceptors (Lipinski definition) is 3. The second-order valence-corrected chi connectivity index (χ2v) is 6.11. The third-order valence-electron chi connectivity index (χ3n) is 4.41. The lowest BCUT2D eigenvalue weighted by atomic mass is 9.95. The molecule has 5 heteroatoms. The Kier molecular flexibility index (Phi) is 5.11. The highest BCUT2D eigenvalue weighted by Crippen LogP contribution is 2.20. The van der Waals surface area contributed by atoms with E-state index >= 15 is 0 Å². The molecule has 0 saturated heterocycles. The van der Waals surface area contributed by atoms with E-state index in [1.165, 1.54) is 0 Å². The summed E-state index contributed by atoms with van der Waals surface area (Å²) in [5.41, 5.74) is 3.69. The standard InChI is InChI=1S/C19H23N3O2/c1-2-20-12-14-8-4-6-10-17(14)22-19(24)15-11-13-7-3-5-9-16(13)21-18(15)23/h4,6,8,10-11,20H,2-3,5,7,9,12H2,1H3,(H,21,23)(H,22,24). The normalized spacial score (nSPS) is 13.4. The summed E-state index contributed by atoms with van der Waals surface area (Å²) in [5.74, 6) is -0.353. The van der Waals surface area contributed by atoms with Crippen LogP contribution in [-0.2, 0) is 19.4 Å². The summed E-state index contributed by atoms with van der Waals surface area (Å²) in [4.78, 5) is 27.7. The molecule has 1 aromatic carbocycles. The predicted octanol–water partition coefficient (Wildman–Crippen LogP) is 2.62. The van der Waals surface area contributed by atoms with Gasteiger partial charge in [-0.25, -0.2) is 0 Å². The van der Waals surface area contributed by atoms with Crippen LogP contribution in [0.1, 0.15) is 46.9 Å². The first-order valence-electron chi connectivity index (χ1n) is 8.54. The number of aromatic nitrogens is 1. The lowest BCUT2D eigenvalue weighted by Gasteiger charge is -2.16. The molecule has 1 aromatic heterocycles. The maximum Gasteiger partial charge on any atom is 0.261 e. The van der Waals surface area contributed by atoms with Gasteiger partial charge in [0.15, 0.2) is 0 Å². The molecular formula is C19H23N3O2. The van der Waals surface area contributed by atoms with E-state index < -0.39 is 0 Å². The Hall–Kier alpha value is -2.40. The molecule has 5 nitrogen and oxygen atoms in total. The van der Waals surface area contributed by atoms with Gasteiger partial charge in [0, 0.05) is 17.9 Å². The lowest BCUT2D eigenvalue weighted by molar-refractivity contribution is 0.102. The van der Waals surface area contributed by atoms with Gasteiger partial charge in [0.1, 0.15) is 5.56 Å². The maximum atomic E-state index is 12.6. The smallest absolute Gasteiger partial charge is 0.261 e. The molecule has 0 unspecified atom stereocenters. The molecule has 0 atom stereocenters. The number of carbonyl (C=O) groups excluding carboxylic acids is 1. The molecule has 2 aromatic rings. The molecule has 0 bridgehead atoms. The number of carbonyl (C=O) groups is 1. The number of anilines is 1. The summed E-state index contributed by atoms with van der Waals surface area (Å²) in [5, 5.41) is 6.14. The van der Waals surface area contributed by atoms with Gasteiger partial charge in [-0.3, -0.25) is 9.59 Å². The molecule has 1 amide bonds. The van der Waals surface area contributed by atoms with Crippen LogP contribution in [0.3, 0.4) is 0 Å². The van der Waals surface area contributed by atoms with Crippen LogP contribution < -0.4 is 16.2 Å². The molecule has 0 saturated carbocycles. The first-order chi connectivity index (χ1) is 11.7. The minimum Gasteiger partial charge on any atom is -0.325 e. The van der Waals surface area contributed by atoms with Crippen LogP contribution in [0.25, 0.3) is 0 Å². The van der Waals surface area contributed by atoms with Crippen LogP contribution in [0.4, 0.5) is 5.69 Å². The SMILES string of the molecule is CCNCc1ccccc1NC(=O)c1cc2c([nH]c1=O)CCCC2. The van der Waals surface area contributed by atoms with Crippen molar-refractivity contribution in [3.8, 4) is 0 Å². The summed E-state index contributed by atoms with van der Waals surface area (Å²) in [6.45, 7) is 3.56. The molecule has 0 radical (unpaired) electrons. The van der Waals surface area contributed by atoms with Crippen LogP contribution in [0.2, 0.25) is 0 Å². The fourth-order valence-electron chi connectivity index (χ4n) is 3.09. The Balaban J connectivity index is 1.84. The topological polar surface area (TPSA) is 74.0 Å². The first-order valence-corrected chi connectivity index (χ1v) is 8.54. The molecule has 3 rings (SSSR count). The summed E-state index contributed by atoms with van der Waals surface area (Å²) < 4.78 is 0. The molecule has 3 N–H and O–H groups in total. The number of hydrogen-bond donors (Lipinski definition) is 3. The number of benzene rings is 1. The average Bonchev–Trinajstić information content (AvgIpc) is 2.60. The van der Waals surface area contributed by atoms with E-state index in [1.807, 2.05) is 31.2 Å². The van der Waals surface area contributed by atoms with Crippen LogP contribution in [0, 0.1) is 0 Å². The van der Waals surface area contributed by atoms with Gasteiger partial charge in [-0.15, -0.1) is 0 Å². The third kappa shape index (κ3) is 3.57. The molecule has 0 fully saturated rings. The van der Waals surface area contributed by atoms with Gasteiger partial charge in [-0.2, -0.15) is 0 Å². The Morgan fingerprint density at radius 2 is 2.00 bits per heavy atom. The van der Waals surface area contributed by atoms with Crippen molar-refractivity contribution in [2.75, 3.05) is 11.9 Å². The number of rotatable bonds is 5. The Bertz CT molecular complexity index is 795. The molecule has 1 aliphatic rings. The third-order valence-corrected chi connectivity index (χ3v) is 4.41. The van der Waals surface area contributed by atoms with Crippen molar-refractivity contribution in [3.63, 3.8) is 0 Å². The van der Waals surface area contributed by atoms with Gasteiger partial charge in [0.05, 0.1) is 0 Å². The number of aromatic amines is 1. The van der Waals surface area contributed by atoms with Gasteiger partial charge < -0.3 is 15.6 Å². The highest BCUT2D eigenvalue weighted by molar-refractivity contribution is 6.04. The Morgan fingerprint density at radius 3 is 2.83 bits per heavy atom. The van der Waals surface area contributed by atoms with E-state index in [0.29, 0.717) is 6.54 Å². The summed E-state index contributed by atoms with van der Waals surface area (Å²) >= 11 is 0. The minimum atomic E-state index is -0.353. The maximum absolute atomic E-state index is 12.6. The summed E-state index contributed by atoms with van der Waals surface area (Å²) in [6, 6.07) is 9.40. The van der Waals surface area contributed by atoms with Crippen molar-refractivity contribution in [3.05, 3.63) is 63.1 Å². The first kappa shape index (κ1) is 16.5. The Labute approximate surface area is 141 Å². The Morgan fingerprint density at radius 1 is 1.21 bits per heavy atom. The average molecular weight is 325 g/mol. The van der Waals surface area contributed by atoms with Crippen LogP contribution in [0.15, 0.2) is 35.1 Å². The van der Waals surface area contributed by atoms with Crippen molar-refractivity contribution in [1.82, 2.24) is 10.3 Å². The van der Waals surface area contributed by atoms with Crippen molar-refractivity contribution in [2.24, 2.45) is 0 Å². The number of amides is 1. The molecule has 1 aliphatic carbocycles. The highest BCUT2D eigenvalue weighted by Gasteiger charge is 2.17. The van der Waals surface area contributed by atoms with E-state index in [9.17, 15) is 9.59 Å². The molecule has 126 valence electrons. The van der Waals surface area contributed by atoms with Crippen molar-refractivity contribution in [2.45, 2.75) is 39.2 Å². The van der Waals surface area contributed by atoms with Gasteiger partial charge in [-0.05, 0) is 55.5 Å². The van der Waals surface area contributed by atoms with E-state index in [-0.39, 0.29) is 17.0 Å². The number of fused-ring (bicyclic) bond motifs is 1. The molecule has 0 aliphatic heterocycles. The second kappa shape index (κ2) is 7.45. The zero-order valence-electron chi connectivity index (χ0n) is 13.9. The zero-order valence-corrected chi connectivity index (χ0v) is 13.9. The van der Waals surface area contributed by atoms with Gasteiger partial charge >= 0.3 is 0 Å². The van der Waals surface area contributed by atoms with Gasteiger partial charge in [-0.1, -0.05) is 25.1 Å². The number of aryl methyl sites for hydroxylation is 2. The van der Waals surface area contributed by atoms with E-state index in [0.717, 1.165) is 54.7 Å². The minimum absolute atomic E-state index is 0.189. The fourth-order valence-corrected chi connectivity index (χ4v) is 3.09. The number of para-hydroxylation sites is 1. The predicted molar refractivity (Wildman–Crippen MR) is 95.5 cm³/mol. The zero-order chi connectivity index (χ0) is 16.9. The van der Waals surface area contributed by atoms with Crippen molar-refractivity contribution >= 4 is 11.6 Å². The van der Waals surface area contributed by atoms with Crippen molar-refractivity contribution in [1.29, 1.82) is 0 Å². The number of pyridine rings is 1. The summed E-state index contributed by atoms with van der Waals surface area (Å²) in [6.07, 6.45) is 4.00. The fraction of sp³-hybridized carbons (Fsp3) is 0.368. The van der Waals surface area contributed by atoms with Crippen molar-refractivity contribution < 1.29 is 4.79 Å². The van der Waals surface area contributed by atoms with Crippen LogP contribution >= 0.6 is 0 Å². The van der Waals surface area contributed by atoms with E-state index in [4.69, 9.17) is 0 Å². The molecular weight excluding hydrogens is 302 g/mol. The van der Waals surface area contributed by atoms with E-state index in [1.54, 1.807) is 6.07 Å². The molecule has 24 heavy (non-hydrogen) atoms. The van der Waals surface area contributed by atoms with E-state index in [2.05, 4.69) is 15.6 Å². The summed E-state index contributed by atoms with van der Waals surface area (Å²) in [7, 11) is 0. The molecule has 0 spiro atoms. The van der Waals surface area contributed by atoms with Crippen LogP contribution in [-0.4, -0.2) is 17.4 Å². The number of H-pyrrole nitrogens is 1. The highest BCUT2D eigenvalue weighted by atomic mass is 16.2. The lowest BCUT2D eigenvalue weighted by Crippen LogP contribution is -2.26. The quantitative estimate of drug-likeness (QED) is 0.791.